The second kappa shape index (κ2) is 6.22. The van der Waals surface area contributed by atoms with Crippen molar-refractivity contribution in [3.05, 3.63) is 28.2 Å². The van der Waals surface area contributed by atoms with Crippen LogP contribution in [0.1, 0.15) is 11.6 Å². The highest BCUT2D eigenvalue weighted by Crippen LogP contribution is 2.27. The summed E-state index contributed by atoms with van der Waals surface area (Å²) in [5.74, 6) is 0.611. The Hall–Kier alpha value is -0.320. The van der Waals surface area contributed by atoms with Gasteiger partial charge >= 0.3 is 0 Å². The van der Waals surface area contributed by atoms with Crippen LogP contribution in [-0.4, -0.2) is 13.8 Å². The van der Waals surface area contributed by atoms with E-state index < -0.39 is 12.7 Å². The number of rotatable bonds is 3. The summed E-state index contributed by atoms with van der Waals surface area (Å²) < 4.78 is 18.3. The van der Waals surface area contributed by atoms with Gasteiger partial charge in [0.25, 0.3) is 0 Å². The fourth-order valence-electron chi connectivity index (χ4n) is 1.07. The quantitative estimate of drug-likeness (QED) is 0.926. The summed E-state index contributed by atoms with van der Waals surface area (Å²) in [5.41, 5.74) is 6.24. The van der Waals surface area contributed by atoms with Crippen LogP contribution >= 0.6 is 28.3 Å². The lowest BCUT2D eigenvalue weighted by Crippen LogP contribution is -2.13. The molecule has 0 spiro atoms. The zero-order valence-corrected chi connectivity index (χ0v) is 10.1. The Morgan fingerprint density at radius 3 is 2.71 bits per heavy atom. The molecule has 0 saturated carbocycles. The Morgan fingerprint density at radius 1 is 1.57 bits per heavy atom. The Labute approximate surface area is 97.2 Å². The molecule has 0 saturated heterocycles. The Bertz CT molecular complexity index is 298. The van der Waals surface area contributed by atoms with Gasteiger partial charge in [0.1, 0.15) is 12.4 Å². The van der Waals surface area contributed by atoms with Gasteiger partial charge in [-0.05, 0) is 12.1 Å². The maximum atomic E-state index is 12.3. The first-order valence-electron chi connectivity index (χ1n) is 3.84. The zero-order chi connectivity index (χ0) is 9.84. The van der Waals surface area contributed by atoms with Crippen LogP contribution in [0.4, 0.5) is 4.39 Å². The van der Waals surface area contributed by atoms with Gasteiger partial charge in [0.15, 0.2) is 0 Å². The minimum atomic E-state index is -0.608. The van der Waals surface area contributed by atoms with E-state index in [-0.39, 0.29) is 12.4 Å². The highest BCUT2D eigenvalue weighted by atomic mass is 79.9. The van der Waals surface area contributed by atoms with Crippen molar-refractivity contribution in [2.75, 3.05) is 13.8 Å². The Morgan fingerprint density at radius 2 is 2.21 bits per heavy atom. The third-order valence-corrected chi connectivity index (χ3v) is 2.25. The number of methoxy groups -OCH3 is 1. The number of alkyl halides is 1. The summed E-state index contributed by atoms with van der Waals surface area (Å²) in [6, 6.07) is 4.73. The molecule has 0 aliphatic carbocycles. The topological polar surface area (TPSA) is 35.2 Å². The van der Waals surface area contributed by atoms with Crippen molar-refractivity contribution >= 4 is 28.3 Å². The number of ether oxygens (including phenoxy) is 1. The van der Waals surface area contributed by atoms with Crippen LogP contribution in [0, 0.1) is 0 Å². The predicted molar refractivity (Wildman–Crippen MR) is 60.8 cm³/mol. The molecule has 1 atom stereocenters. The standard InChI is InChI=1S/C9H11BrFNO.ClH/c1-13-9-4-6(10)2-3-7(9)8(12)5-11;/h2-4,8H,5,12H2,1H3;1H/t8-;/m1./s1. The lowest BCUT2D eigenvalue weighted by Gasteiger charge is -2.12. The first-order valence-corrected chi connectivity index (χ1v) is 4.63. The van der Waals surface area contributed by atoms with Gasteiger partial charge in [-0.2, -0.15) is 0 Å². The zero-order valence-electron chi connectivity index (χ0n) is 7.67. The van der Waals surface area contributed by atoms with E-state index in [4.69, 9.17) is 10.5 Å². The van der Waals surface area contributed by atoms with E-state index in [2.05, 4.69) is 15.9 Å². The van der Waals surface area contributed by atoms with Gasteiger partial charge in [-0.3, -0.25) is 0 Å². The van der Waals surface area contributed by atoms with Crippen molar-refractivity contribution in [3.8, 4) is 5.75 Å². The molecule has 14 heavy (non-hydrogen) atoms. The molecular formula is C9H12BrClFNO. The van der Waals surface area contributed by atoms with Crippen LogP contribution in [0.5, 0.6) is 5.75 Å². The van der Waals surface area contributed by atoms with Gasteiger partial charge in [-0.1, -0.05) is 22.0 Å². The van der Waals surface area contributed by atoms with Gasteiger partial charge < -0.3 is 10.5 Å². The summed E-state index contributed by atoms with van der Waals surface area (Å²) in [5, 5.41) is 0. The van der Waals surface area contributed by atoms with Gasteiger partial charge in [0.2, 0.25) is 0 Å². The fraction of sp³-hybridized carbons (Fsp3) is 0.333. The maximum Gasteiger partial charge on any atom is 0.124 e. The van der Waals surface area contributed by atoms with Crippen LogP contribution in [0.25, 0.3) is 0 Å². The molecule has 0 aromatic heterocycles. The van der Waals surface area contributed by atoms with Crippen molar-refractivity contribution in [2.24, 2.45) is 5.73 Å². The summed E-state index contributed by atoms with van der Waals surface area (Å²) in [6.07, 6.45) is 0. The minimum absolute atomic E-state index is 0. The molecule has 2 nitrogen and oxygen atoms in total. The molecular weight excluding hydrogens is 272 g/mol. The number of hydrogen-bond acceptors (Lipinski definition) is 2. The van der Waals surface area contributed by atoms with E-state index in [1.54, 1.807) is 12.1 Å². The minimum Gasteiger partial charge on any atom is -0.496 e. The summed E-state index contributed by atoms with van der Waals surface area (Å²) in [6.45, 7) is -0.585. The second-order valence-electron chi connectivity index (χ2n) is 2.65. The highest BCUT2D eigenvalue weighted by Gasteiger charge is 2.11. The average molecular weight is 285 g/mol. The molecule has 5 heteroatoms. The molecule has 1 rings (SSSR count). The molecule has 2 N–H and O–H groups in total. The van der Waals surface area contributed by atoms with Crippen LogP contribution in [-0.2, 0) is 0 Å². The van der Waals surface area contributed by atoms with Crippen LogP contribution in [0.2, 0.25) is 0 Å². The number of hydrogen-bond donors (Lipinski definition) is 1. The van der Waals surface area contributed by atoms with E-state index in [1.165, 1.54) is 7.11 Å². The van der Waals surface area contributed by atoms with Crippen LogP contribution < -0.4 is 10.5 Å². The van der Waals surface area contributed by atoms with E-state index in [1.807, 2.05) is 6.07 Å². The number of benzene rings is 1. The predicted octanol–water partition coefficient (Wildman–Crippen LogP) is 2.85. The molecule has 0 amide bonds. The molecule has 80 valence electrons. The Kier molecular flexibility index (Phi) is 6.08. The first kappa shape index (κ1) is 13.7. The van der Waals surface area contributed by atoms with E-state index in [0.29, 0.717) is 11.3 Å². The molecule has 0 heterocycles. The van der Waals surface area contributed by atoms with Crippen molar-refractivity contribution < 1.29 is 9.13 Å². The molecule has 0 bridgehead atoms. The summed E-state index contributed by atoms with van der Waals surface area (Å²) >= 11 is 3.29. The van der Waals surface area contributed by atoms with Gasteiger partial charge in [0, 0.05) is 10.0 Å². The SMILES string of the molecule is COc1cc(Br)ccc1[C@H](N)CF.Cl. The van der Waals surface area contributed by atoms with E-state index in [0.717, 1.165) is 4.47 Å². The third kappa shape index (κ3) is 3.12. The molecule has 0 fully saturated rings. The van der Waals surface area contributed by atoms with Crippen LogP contribution in [0.3, 0.4) is 0 Å². The van der Waals surface area contributed by atoms with E-state index in [9.17, 15) is 4.39 Å². The monoisotopic (exact) mass is 283 g/mol. The molecule has 1 aromatic rings. The van der Waals surface area contributed by atoms with E-state index >= 15 is 0 Å². The van der Waals surface area contributed by atoms with Crippen molar-refractivity contribution in [2.45, 2.75) is 6.04 Å². The average Bonchev–Trinajstić information content (AvgIpc) is 2.16. The lowest BCUT2D eigenvalue weighted by molar-refractivity contribution is 0.389. The van der Waals surface area contributed by atoms with Crippen molar-refractivity contribution in [3.63, 3.8) is 0 Å². The first-order chi connectivity index (χ1) is 6.19. The lowest BCUT2D eigenvalue weighted by atomic mass is 10.1. The third-order valence-electron chi connectivity index (χ3n) is 1.76. The molecule has 0 unspecified atom stereocenters. The molecule has 0 radical (unpaired) electrons. The largest absolute Gasteiger partial charge is 0.496 e. The fourth-order valence-corrected chi connectivity index (χ4v) is 1.41. The Balaban J connectivity index is 0.00000169. The summed E-state index contributed by atoms with van der Waals surface area (Å²) in [4.78, 5) is 0. The van der Waals surface area contributed by atoms with Gasteiger partial charge in [-0.25, -0.2) is 4.39 Å². The maximum absolute atomic E-state index is 12.3. The van der Waals surface area contributed by atoms with Gasteiger partial charge in [0.05, 0.1) is 13.2 Å². The number of halogens is 3. The smallest absolute Gasteiger partial charge is 0.124 e. The van der Waals surface area contributed by atoms with Crippen LogP contribution in [0.15, 0.2) is 22.7 Å². The normalized spacial score (nSPS) is 11.7. The molecule has 0 aliphatic heterocycles. The summed E-state index contributed by atoms with van der Waals surface area (Å²) in [7, 11) is 1.54. The van der Waals surface area contributed by atoms with Crippen molar-refractivity contribution in [1.82, 2.24) is 0 Å². The molecule has 1 aromatic carbocycles. The van der Waals surface area contributed by atoms with Crippen molar-refractivity contribution in [1.29, 1.82) is 0 Å². The van der Waals surface area contributed by atoms with Gasteiger partial charge in [-0.15, -0.1) is 12.4 Å². The molecule has 0 aliphatic rings. The highest BCUT2D eigenvalue weighted by molar-refractivity contribution is 9.10. The number of nitrogens with two attached hydrogens (primary N) is 1. The second-order valence-corrected chi connectivity index (χ2v) is 3.56.